The molecule has 0 saturated carbocycles. The maximum absolute atomic E-state index is 12.0. The quantitative estimate of drug-likeness (QED) is 0.505. The second-order valence-corrected chi connectivity index (χ2v) is 6.45. The second kappa shape index (κ2) is 6.74. The maximum Gasteiger partial charge on any atom is 0.412 e. The van der Waals surface area contributed by atoms with Crippen molar-refractivity contribution >= 4 is 28.5 Å². The average Bonchev–Trinajstić information content (AvgIpc) is 2.47. The molecule has 2 rings (SSSR count). The molecule has 0 bridgehead atoms. The molecule has 5 heteroatoms. The van der Waals surface area contributed by atoms with E-state index in [1.54, 1.807) is 39.8 Å². The van der Waals surface area contributed by atoms with Gasteiger partial charge in [0.1, 0.15) is 11.4 Å². The van der Waals surface area contributed by atoms with E-state index in [0.717, 1.165) is 5.39 Å². The first-order chi connectivity index (χ1) is 11.2. The van der Waals surface area contributed by atoms with Crippen molar-refractivity contribution in [1.82, 2.24) is 0 Å². The Balaban J connectivity index is 2.36. The Labute approximate surface area is 141 Å². The Bertz CT molecular complexity index is 803. The van der Waals surface area contributed by atoms with E-state index < -0.39 is 17.7 Å². The van der Waals surface area contributed by atoms with Crippen LogP contribution in [0.25, 0.3) is 10.8 Å². The van der Waals surface area contributed by atoms with Crippen molar-refractivity contribution in [2.75, 3.05) is 5.32 Å². The highest BCUT2D eigenvalue weighted by molar-refractivity contribution is 6.04. The highest BCUT2D eigenvalue weighted by atomic mass is 16.6. The fraction of sp³-hybridized carbons (Fsp3) is 0.263. The zero-order chi connectivity index (χ0) is 17.9. The van der Waals surface area contributed by atoms with E-state index in [2.05, 4.69) is 11.9 Å². The van der Waals surface area contributed by atoms with Crippen LogP contribution in [0.15, 0.2) is 48.6 Å². The first kappa shape index (κ1) is 17.5. The van der Waals surface area contributed by atoms with E-state index >= 15 is 0 Å². The van der Waals surface area contributed by atoms with Gasteiger partial charge < -0.3 is 9.47 Å². The van der Waals surface area contributed by atoms with Gasteiger partial charge in [-0.1, -0.05) is 30.8 Å². The number of hydrogen-bond donors (Lipinski definition) is 1. The van der Waals surface area contributed by atoms with E-state index in [1.165, 1.54) is 0 Å². The molecule has 0 aliphatic heterocycles. The summed E-state index contributed by atoms with van der Waals surface area (Å²) in [6.45, 7) is 10.5. The largest absolute Gasteiger partial charge is 0.444 e. The third kappa shape index (κ3) is 4.35. The smallest absolute Gasteiger partial charge is 0.412 e. The summed E-state index contributed by atoms with van der Waals surface area (Å²) < 4.78 is 10.6. The predicted octanol–water partition coefficient (Wildman–Crippen LogP) is 4.67. The molecule has 0 radical (unpaired) electrons. The summed E-state index contributed by atoms with van der Waals surface area (Å²) in [5, 5.41) is 4.18. The summed E-state index contributed by atoms with van der Waals surface area (Å²) in [6.07, 6.45) is -0.542. The normalized spacial score (nSPS) is 11.0. The van der Waals surface area contributed by atoms with Gasteiger partial charge in [-0.2, -0.15) is 0 Å². The molecule has 0 atom stereocenters. The summed E-state index contributed by atoms with van der Waals surface area (Å²) in [5.74, 6) is -0.0821. The number of hydrogen-bond acceptors (Lipinski definition) is 4. The fourth-order valence-corrected chi connectivity index (χ4v) is 2.07. The SMILES string of the molecule is C=C(C)C(=O)Oc1ccc(NC(=O)OC(C)(C)C)c2ccccc12. The van der Waals surface area contributed by atoms with Gasteiger partial charge in [-0.3, -0.25) is 5.32 Å². The molecule has 0 saturated heterocycles. The number of rotatable bonds is 3. The molecule has 1 amide bonds. The van der Waals surface area contributed by atoms with Crippen LogP contribution < -0.4 is 10.1 Å². The lowest BCUT2D eigenvalue weighted by atomic mass is 10.1. The number of amides is 1. The first-order valence-corrected chi connectivity index (χ1v) is 7.57. The number of ether oxygens (including phenoxy) is 2. The lowest BCUT2D eigenvalue weighted by Gasteiger charge is -2.20. The summed E-state index contributed by atoms with van der Waals surface area (Å²) in [6, 6.07) is 10.6. The monoisotopic (exact) mass is 327 g/mol. The lowest BCUT2D eigenvalue weighted by molar-refractivity contribution is -0.129. The van der Waals surface area contributed by atoms with Crippen LogP contribution in [0.5, 0.6) is 5.75 Å². The van der Waals surface area contributed by atoms with Crippen LogP contribution in [0.3, 0.4) is 0 Å². The summed E-state index contributed by atoms with van der Waals surface area (Å²) in [7, 11) is 0. The molecule has 24 heavy (non-hydrogen) atoms. The van der Waals surface area contributed by atoms with Crippen molar-refractivity contribution in [3.05, 3.63) is 48.6 Å². The van der Waals surface area contributed by atoms with E-state index in [9.17, 15) is 9.59 Å². The van der Waals surface area contributed by atoms with Crippen molar-refractivity contribution in [3.8, 4) is 5.75 Å². The summed E-state index contributed by atoms with van der Waals surface area (Å²) in [4.78, 5) is 23.8. The number of nitrogens with one attached hydrogen (secondary N) is 1. The van der Waals surface area contributed by atoms with Gasteiger partial charge in [0, 0.05) is 16.3 Å². The van der Waals surface area contributed by atoms with Crippen molar-refractivity contribution in [2.45, 2.75) is 33.3 Å². The molecule has 0 unspecified atom stereocenters. The van der Waals surface area contributed by atoms with Crippen LogP contribution in [-0.2, 0) is 9.53 Å². The second-order valence-electron chi connectivity index (χ2n) is 6.45. The first-order valence-electron chi connectivity index (χ1n) is 7.57. The highest BCUT2D eigenvalue weighted by Gasteiger charge is 2.18. The van der Waals surface area contributed by atoms with Crippen LogP contribution in [0.1, 0.15) is 27.7 Å². The molecule has 0 aliphatic carbocycles. The molecule has 0 spiro atoms. The standard InChI is InChI=1S/C19H21NO4/c1-12(2)17(21)23-16-11-10-15(13-8-6-7-9-14(13)16)20-18(22)24-19(3,4)5/h6-11H,1H2,2-5H3,(H,20,22). The Morgan fingerprint density at radius 1 is 1.04 bits per heavy atom. The minimum absolute atomic E-state index is 0.315. The molecular weight excluding hydrogens is 306 g/mol. The molecule has 0 fully saturated rings. The molecular formula is C19H21NO4. The average molecular weight is 327 g/mol. The van der Waals surface area contributed by atoms with Gasteiger partial charge in [0.05, 0.1) is 5.69 Å². The zero-order valence-electron chi connectivity index (χ0n) is 14.3. The van der Waals surface area contributed by atoms with Gasteiger partial charge >= 0.3 is 12.1 Å². The third-order valence-corrected chi connectivity index (χ3v) is 3.07. The van der Waals surface area contributed by atoms with E-state index in [4.69, 9.17) is 9.47 Å². The number of fused-ring (bicyclic) bond motifs is 1. The van der Waals surface area contributed by atoms with Crippen molar-refractivity contribution < 1.29 is 19.1 Å². The number of carbonyl (C=O) groups excluding carboxylic acids is 2. The predicted molar refractivity (Wildman–Crippen MR) is 94.3 cm³/mol. The van der Waals surface area contributed by atoms with Crippen LogP contribution in [0.2, 0.25) is 0 Å². The topological polar surface area (TPSA) is 64.6 Å². The van der Waals surface area contributed by atoms with Gasteiger partial charge in [-0.25, -0.2) is 9.59 Å². The Kier molecular flexibility index (Phi) is 4.93. The van der Waals surface area contributed by atoms with Crippen LogP contribution in [-0.4, -0.2) is 17.7 Å². The number of carbonyl (C=O) groups is 2. The Morgan fingerprint density at radius 2 is 1.67 bits per heavy atom. The molecule has 2 aromatic rings. The molecule has 2 aromatic carbocycles. The minimum atomic E-state index is -0.586. The summed E-state index contributed by atoms with van der Waals surface area (Å²) in [5.41, 5.74) is 0.307. The molecule has 5 nitrogen and oxygen atoms in total. The fourth-order valence-electron chi connectivity index (χ4n) is 2.07. The van der Waals surface area contributed by atoms with Crippen LogP contribution >= 0.6 is 0 Å². The lowest BCUT2D eigenvalue weighted by Crippen LogP contribution is -2.27. The number of anilines is 1. The van der Waals surface area contributed by atoms with E-state index in [0.29, 0.717) is 22.4 Å². The summed E-state index contributed by atoms with van der Waals surface area (Å²) >= 11 is 0. The number of benzene rings is 2. The van der Waals surface area contributed by atoms with Gasteiger partial charge in [0.25, 0.3) is 0 Å². The molecule has 0 aromatic heterocycles. The zero-order valence-corrected chi connectivity index (χ0v) is 14.3. The van der Waals surface area contributed by atoms with Gasteiger partial charge in [-0.15, -0.1) is 0 Å². The Hall–Kier alpha value is -2.82. The third-order valence-electron chi connectivity index (χ3n) is 3.07. The maximum atomic E-state index is 12.0. The molecule has 0 heterocycles. The van der Waals surface area contributed by atoms with Crippen molar-refractivity contribution in [1.29, 1.82) is 0 Å². The van der Waals surface area contributed by atoms with Crippen LogP contribution in [0, 0.1) is 0 Å². The van der Waals surface area contributed by atoms with Gasteiger partial charge in [-0.05, 0) is 39.8 Å². The van der Waals surface area contributed by atoms with E-state index in [1.807, 2.05) is 24.3 Å². The molecule has 1 N–H and O–H groups in total. The molecule has 126 valence electrons. The van der Waals surface area contributed by atoms with Gasteiger partial charge in [0.15, 0.2) is 0 Å². The van der Waals surface area contributed by atoms with Crippen molar-refractivity contribution in [3.63, 3.8) is 0 Å². The van der Waals surface area contributed by atoms with E-state index in [-0.39, 0.29) is 0 Å². The minimum Gasteiger partial charge on any atom is -0.444 e. The van der Waals surface area contributed by atoms with Crippen LogP contribution in [0.4, 0.5) is 10.5 Å². The van der Waals surface area contributed by atoms with Crippen molar-refractivity contribution in [2.24, 2.45) is 0 Å². The Morgan fingerprint density at radius 3 is 2.25 bits per heavy atom. The highest BCUT2D eigenvalue weighted by Crippen LogP contribution is 2.32. The number of esters is 1. The molecule has 0 aliphatic rings. The van der Waals surface area contributed by atoms with Gasteiger partial charge in [0.2, 0.25) is 0 Å².